The number of likely N-dealkylation sites (N-methyl/N-ethyl adjacent to an activating group) is 1. The van der Waals surface area contributed by atoms with E-state index < -0.39 is 0 Å². The first kappa shape index (κ1) is 16.6. The lowest BCUT2D eigenvalue weighted by atomic mass is 10.0. The molecule has 7 heteroatoms. The van der Waals surface area contributed by atoms with Gasteiger partial charge in [-0.15, -0.1) is 0 Å². The van der Waals surface area contributed by atoms with Crippen LogP contribution in [0.4, 0.5) is 5.13 Å². The van der Waals surface area contributed by atoms with E-state index in [-0.39, 0.29) is 0 Å². The van der Waals surface area contributed by atoms with E-state index in [1.807, 2.05) is 0 Å². The molecule has 1 atom stereocenters. The van der Waals surface area contributed by atoms with E-state index >= 15 is 0 Å². The highest BCUT2D eigenvalue weighted by Gasteiger charge is 2.25. The van der Waals surface area contributed by atoms with E-state index in [2.05, 4.69) is 45.4 Å². The molecule has 0 spiro atoms. The zero-order valence-electron chi connectivity index (χ0n) is 13.5. The topological polar surface area (TPSA) is 53.5 Å². The molecule has 120 valence electrons. The minimum Gasteiger partial charge on any atom is -0.377 e. The fourth-order valence-electron chi connectivity index (χ4n) is 2.65. The average molecular weight is 313 g/mol. The summed E-state index contributed by atoms with van der Waals surface area (Å²) >= 11 is 1.41. The van der Waals surface area contributed by atoms with Crippen LogP contribution in [0, 0.1) is 5.92 Å². The van der Waals surface area contributed by atoms with Crippen LogP contribution >= 0.6 is 11.5 Å². The predicted octanol–water partition coefficient (Wildman–Crippen LogP) is 1.37. The van der Waals surface area contributed by atoms with Gasteiger partial charge in [-0.25, -0.2) is 4.98 Å². The first-order valence-corrected chi connectivity index (χ1v) is 8.35. The third-order valence-corrected chi connectivity index (χ3v) is 4.69. The smallest absolute Gasteiger partial charge is 0.202 e. The molecule has 1 saturated heterocycles. The van der Waals surface area contributed by atoms with Gasteiger partial charge in [0.15, 0.2) is 5.82 Å². The Morgan fingerprint density at radius 3 is 2.62 bits per heavy atom. The molecular weight excluding hydrogens is 286 g/mol. The molecule has 1 aromatic rings. The van der Waals surface area contributed by atoms with Gasteiger partial charge in [0.25, 0.3) is 0 Å². The predicted molar refractivity (Wildman–Crippen MR) is 86.8 cm³/mol. The zero-order valence-corrected chi connectivity index (χ0v) is 14.3. The van der Waals surface area contributed by atoms with E-state index in [9.17, 15) is 0 Å². The lowest BCUT2D eigenvalue weighted by Crippen LogP contribution is -2.52. The third kappa shape index (κ3) is 4.88. The van der Waals surface area contributed by atoms with Crippen molar-refractivity contribution in [2.24, 2.45) is 5.92 Å². The Kier molecular flexibility index (Phi) is 6.35. The molecule has 2 heterocycles. The van der Waals surface area contributed by atoms with Crippen molar-refractivity contribution in [3.05, 3.63) is 5.82 Å². The second-order valence-electron chi connectivity index (χ2n) is 5.98. The summed E-state index contributed by atoms with van der Waals surface area (Å²) < 4.78 is 9.33. The lowest BCUT2D eigenvalue weighted by Gasteiger charge is -2.39. The van der Waals surface area contributed by atoms with E-state index in [1.165, 1.54) is 11.5 Å². The molecule has 0 saturated carbocycles. The van der Waals surface area contributed by atoms with Crippen molar-refractivity contribution in [1.82, 2.24) is 19.2 Å². The van der Waals surface area contributed by atoms with Gasteiger partial charge in [-0.05, 0) is 13.0 Å². The maximum absolute atomic E-state index is 5.05. The van der Waals surface area contributed by atoms with E-state index in [0.717, 1.165) is 43.7 Å². The molecule has 1 N–H and O–H groups in total. The highest BCUT2D eigenvalue weighted by atomic mass is 32.1. The number of hydrogen-bond donors (Lipinski definition) is 1. The molecule has 0 amide bonds. The van der Waals surface area contributed by atoms with Crippen molar-refractivity contribution in [3.8, 4) is 0 Å². The molecule has 21 heavy (non-hydrogen) atoms. The summed E-state index contributed by atoms with van der Waals surface area (Å²) in [6.45, 7) is 10.6. The maximum Gasteiger partial charge on any atom is 0.202 e. The fraction of sp³-hybridized carbons (Fsp3) is 0.857. The highest BCUT2D eigenvalue weighted by molar-refractivity contribution is 7.09. The summed E-state index contributed by atoms with van der Waals surface area (Å²) in [5, 5.41) is 4.34. The highest BCUT2D eigenvalue weighted by Crippen LogP contribution is 2.16. The number of anilines is 1. The van der Waals surface area contributed by atoms with Gasteiger partial charge < -0.3 is 15.0 Å². The Morgan fingerprint density at radius 1 is 1.29 bits per heavy atom. The summed E-state index contributed by atoms with van der Waals surface area (Å²) in [5.41, 5.74) is 0. The van der Waals surface area contributed by atoms with Crippen LogP contribution in [-0.2, 0) is 11.3 Å². The van der Waals surface area contributed by atoms with Gasteiger partial charge in [0.1, 0.15) is 6.61 Å². The lowest BCUT2D eigenvalue weighted by molar-refractivity contribution is 0.0944. The molecule has 0 aromatic carbocycles. The molecular formula is C14H27N5OS. The number of nitrogens with one attached hydrogen (secondary N) is 1. The first-order chi connectivity index (χ1) is 10.1. The first-order valence-electron chi connectivity index (χ1n) is 7.58. The van der Waals surface area contributed by atoms with Gasteiger partial charge in [0, 0.05) is 57.4 Å². The van der Waals surface area contributed by atoms with Crippen LogP contribution in [0.15, 0.2) is 0 Å². The summed E-state index contributed by atoms with van der Waals surface area (Å²) in [5.74, 6) is 1.37. The normalized spacial score (nSPS) is 19.1. The van der Waals surface area contributed by atoms with Gasteiger partial charge in [-0.3, -0.25) is 4.90 Å². The number of ether oxygens (including phenoxy) is 1. The van der Waals surface area contributed by atoms with E-state index in [4.69, 9.17) is 4.74 Å². The van der Waals surface area contributed by atoms with Gasteiger partial charge in [-0.2, -0.15) is 4.37 Å². The van der Waals surface area contributed by atoms with Crippen molar-refractivity contribution < 1.29 is 4.74 Å². The average Bonchev–Trinajstić information content (AvgIpc) is 2.89. The SMILES string of the molecule is COCc1nsc(NCC(C(C)C)N2CCN(C)CC2)n1. The Hall–Kier alpha value is -0.760. The van der Waals surface area contributed by atoms with Gasteiger partial charge in [0.05, 0.1) is 0 Å². The van der Waals surface area contributed by atoms with Crippen LogP contribution in [0.2, 0.25) is 0 Å². The van der Waals surface area contributed by atoms with Crippen LogP contribution in [0.3, 0.4) is 0 Å². The Balaban J connectivity index is 1.87. The van der Waals surface area contributed by atoms with Crippen molar-refractivity contribution in [2.45, 2.75) is 26.5 Å². The maximum atomic E-state index is 5.05. The van der Waals surface area contributed by atoms with Crippen molar-refractivity contribution >= 4 is 16.7 Å². The number of aromatic nitrogens is 2. The van der Waals surface area contributed by atoms with Crippen LogP contribution in [0.1, 0.15) is 19.7 Å². The van der Waals surface area contributed by atoms with Crippen molar-refractivity contribution in [1.29, 1.82) is 0 Å². The minimum atomic E-state index is 0.476. The minimum absolute atomic E-state index is 0.476. The second kappa shape index (κ2) is 8.03. The standard InChI is InChI=1S/C14H27N5OS/c1-11(2)12(19-7-5-18(3)6-8-19)9-15-14-16-13(10-20-4)17-21-14/h11-12H,5-10H2,1-4H3,(H,15,16,17). The fourth-order valence-corrected chi connectivity index (χ4v) is 3.22. The van der Waals surface area contributed by atoms with Crippen LogP contribution in [0.5, 0.6) is 0 Å². The van der Waals surface area contributed by atoms with Crippen molar-refractivity contribution in [3.63, 3.8) is 0 Å². The van der Waals surface area contributed by atoms with Crippen LogP contribution in [0.25, 0.3) is 0 Å². The molecule has 6 nitrogen and oxygen atoms in total. The summed E-state index contributed by atoms with van der Waals surface area (Å²) in [7, 11) is 3.86. The number of nitrogens with zero attached hydrogens (tertiary/aromatic N) is 4. The molecule has 0 bridgehead atoms. The van der Waals surface area contributed by atoms with Gasteiger partial charge in [-0.1, -0.05) is 13.8 Å². The molecule has 0 radical (unpaired) electrons. The number of piperazine rings is 1. The quantitative estimate of drug-likeness (QED) is 0.820. The summed E-state index contributed by atoms with van der Waals surface area (Å²) in [6.07, 6.45) is 0. The molecule has 2 rings (SSSR count). The third-order valence-electron chi connectivity index (χ3n) is 3.98. The van der Waals surface area contributed by atoms with Crippen LogP contribution in [-0.4, -0.2) is 72.1 Å². The Morgan fingerprint density at radius 2 is 2.00 bits per heavy atom. The molecule has 1 aliphatic rings. The molecule has 0 aliphatic carbocycles. The van der Waals surface area contributed by atoms with E-state index in [1.54, 1.807) is 7.11 Å². The van der Waals surface area contributed by atoms with E-state index in [0.29, 0.717) is 18.6 Å². The number of hydrogen-bond acceptors (Lipinski definition) is 7. The summed E-state index contributed by atoms with van der Waals surface area (Å²) in [6, 6.07) is 0.536. The summed E-state index contributed by atoms with van der Waals surface area (Å²) in [4.78, 5) is 9.42. The van der Waals surface area contributed by atoms with Crippen molar-refractivity contribution in [2.75, 3.05) is 52.2 Å². The molecule has 1 unspecified atom stereocenters. The number of methoxy groups -OCH3 is 1. The van der Waals surface area contributed by atoms with Gasteiger partial charge in [0.2, 0.25) is 5.13 Å². The van der Waals surface area contributed by atoms with Gasteiger partial charge >= 0.3 is 0 Å². The zero-order chi connectivity index (χ0) is 15.2. The Labute approximate surface area is 131 Å². The molecule has 1 fully saturated rings. The monoisotopic (exact) mass is 313 g/mol. The van der Waals surface area contributed by atoms with Crippen LogP contribution < -0.4 is 5.32 Å². The largest absolute Gasteiger partial charge is 0.377 e. The molecule has 1 aliphatic heterocycles. The molecule has 1 aromatic heterocycles. The number of rotatable bonds is 7. The second-order valence-corrected chi connectivity index (χ2v) is 6.73. The Bertz CT molecular complexity index is 417.